The minimum absolute atomic E-state index is 0.105. The van der Waals surface area contributed by atoms with Crippen molar-refractivity contribution in [2.75, 3.05) is 7.11 Å². The molecule has 94 valence electrons. The van der Waals surface area contributed by atoms with Gasteiger partial charge in [0.1, 0.15) is 11.6 Å². The van der Waals surface area contributed by atoms with Crippen LogP contribution in [0.25, 0.3) is 0 Å². The molecule has 0 aliphatic heterocycles. The van der Waals surface area contributed by atoms with E-state index in [1.165, 1.54) is 6.07 Å². The number of fused-ring (bicyclic) bond motifs is 1. The lowest BCUT2D eigenvalue weighted by Gasteiger charge is -2.24. The van der Waals surface area contributed by atoms with Crippen LogP contribution in [0, 0.1) is 11.2 Å². The van der Waals surface area contributed by atoms with Gasteiger partial charge >= 0.3 is 0 Å². The van der Waals surface area contributed by atoms with Crippen molar-refractivity contribution in [1.82, 2.24) is 0 Å². The number of nitrogens with two attached hydrogens (primary N) is 1. The standard InChI is InChI=1S/C14H20FNO/c1-14(2)5-4-10-11(13(16)8-14)6-9(17-3)7-12(10)15/h6-7,13H,4-5,8,16H2,1-3H3. The molecule has 3 heteroatoms. The Labute approximate surface area is 102 Å². The van der Waals surface area contributed by atoms with Crippen LogP contribution in [0.4, 0.5) is 4.39 Å². The van der Waals surface area contributed by atoms with Crippen molar-refractivity contribution in [2.45, 2.75) is 39.2 Å². The van der Waals surface area contributed by atoms with E-state index in [2.05, 4.69) is 13.8 Å². The smallest absolute Gasteiger partial charge is 0.130 e. The van der Waals surface area contributed by atoms with Gasteiger partial charge in [0.2, 0.25) is 0 Å². The molecule has 1 aromatic rings. The van der Waals surface area contributed by atoms with E-state index in [1.54, 1.807) is 7.11 Å². The summed E-state index contributed by atoms with van der Waals surface area (Å²) in [6.45, 7) is 4.38. The lowest BCUT2D eigenvalue weighted by molar-refractivity contribution is 0.293. The molecular formula is C14H20FNO. The molecule has 0 spiro atoms. The molecule has 1 atom stereocenters. The van der Waals surface area contributed by atoms with Gasteiger partial charge in [-0.25, -0.2) is 4.39 Å². The lowest BCUT2D eigenvalue weighted by atomic mass is 9.83. The molecule has 1 aliphatic rings. The van der Waals surface area contributed by atoms with E-state index < -0.39 is 0 Å². The summed E-state index contributed by atoms with van der Waals surface area (Å²) in [6, 6.07) is 3.22. The Morgan fingerprint density at radius 1 is 1.41 bits per heavy atom. The van der Waals surface area contributed by atoms with Crippen LogP contribution in [0.2, 0.25) is 0 Å². The Balaban J connectivity index is 2.47. The second-order valence-corrected chi connectivity index (χ2v) is 5.65. The molecule has 0 aromatic heterocycles. The van der Waals surface area contributed by atoms with E-state index >= 15 is 0 Å². The minimum Gasteiger partial charge on any atom is -0.497 e. The first-order valence-corrected chi connectivity index (χ1v) is 6.05. The van der Waals surface area contributed by atoms with E-state index in [4.69, 9.17) is 10.5 Å². The number of hydrogen-bond donors (Lipinski definition) is 1. The molecule has 17 heavy (non-hydrogen) atoms. The Morgan fingerprint density at radius 3 is 2.76 bits per heavy atom. The first kappa shape index (κ1) is 12.4. The van der Waals surface area contributed by atoms with Gasteiger partial charge in [0.25, 0.3) is 0 Å². The predicted octanol–water partition coefficient (Wildman–Crippen LogP) is 3.20. The highest BCUT2D eigenvalue weighted by atomic mass is 19.1. The van der Waals surface area contributed by atoms with Crippen molar-refractivity contribution < 1.29 is 9.13 Å². The highest BCUT2D eigenvalue weighted by molar-refractivity contribution is 5.40. The quantitative estimate of drug-likeness (QED) is 0.761. The van der Waals surface area contributed by atoms with Gasteiger partial charge in [-0.15, -0.1) is 0 Å². The fourth-order valence-corrected chi connectivity index (χ4v) is 2.62. The van der Waals surface area contributed by atoms with Crippen molar-refractivity contribution in [1.29, 1.82) is 0 Å². The Morgan fingerprint density at radius 2 is 2.12 bits per heavy atom. The number of hydrogen-bond acceptors (Lipinski definition) is 2. The molecule has 0 fully saturated rings. The van der Waals surface area contributed by atoms with Gasteiger partial charge in [0.05, 0.1) is 7.11 Å². The minimum atomic E-state index is -0.187. The van der Waals surface area contributed by atoms with Crippen LogP contribution in [0.15, 0.2) is 12.1 Å². The average molecular weight is 237 g/mol. The van der Waals surface area contributed by atoms with E-state index in [9.17, 15) is 4.39 Å². The fraction of sp³-hybridized carbons (Fsp3) is 0.571. The van der Waals surface area contributed by atoms with Gasteiger partial charge in [0, 0.05) is 12.1 Å². The second-order valence-electron chi connectivity index (χ2n) is 5.65. The van der Waals surface area contributed by atoms with Crippen LogP contribution >= 0.6 is 0 Å². The molecular weight excluding hydrogens is 217 g/mol. The molecule has 1 aromatic carbocycles. The van der Waals surface area contributed by atoms with Gasteiger partial charge in [-0.2, -0.15) is 0 Å². The summed E-state index contributed by atoms with van der Waals surface area (Å²) < 4.78 is 19.1. The zero-order valence-electron chi connectivity index (χ0n) is 10.7. The third-order valence-corrected chi connectivity index (χ3v) is 3.66. The topological polar surface area (TPSA) is 35.2 Å². The Bertz CT molecular complexity index is 428. The highest BCUT2D eigenvalue weighted by Crippen LogP contribution is 2.40. The van der Waals surface area contributed by atoms with Gasteiger partial charge in [-0.05, 0) is 41.9 Å². The van der Waals surface area contributed by atoms with Gasteiger partial charge < -0.3 is 10.5 Å². The summed E-state index contributed by atoms with van der Waals surface area (Å²) in [4.78, 5) is 0. The first-order valence-electron chi connectivity index (χ1n) is 6.05. The highest BCUT2D eigenvalue weighted by Gasteiger charge is 2.29. The molecule has 1 unspecified atom stereocenters. The van der Waals surface area contributed by atoms with Gasteiger partial charge in [-0.3, -0.25) is 0 Å². The SMILES string of the molecule is COc1cc(F)c2c(c1)C(N)CC(C)(C)CC2. The average Bonchev–Trinajstić information content (AvgIpc) is 2.36. The summed E-state index contributed by atoms with van der Waals surface area (Å²) in [5, 5.41) is 0. The maximum absolute atomic E-state index is 14.0. The van der Waals surface area contributed by atoms with Crippen LogP contribution in [0.5, 0.6) is 5.75 Å². The molecule has 1 aliphatic carbocycles. The molecule has 2 N–H and O–H groups in total. The maximum Gasteiger partial charge on any atom is 0.130 e. The summed E-state index contributed by atoms with van der Waals surface area (Å²) in [5.41, 5.74) is 8.03. The van der Waals surface area contributed by atoms with Crippen LogP contribution in [0.1, 0.15) is 43.9 Å². The second kappa shape index (κ2) is 4.30. The predicted molar refractivity (Wildman–Crippen MR) is 66.6 cm³/mol. The molecule has 0 heterocycles. The van der Waals surface area contributed by atoms with Crippen molar-refractivity contribution in [3.8, 4) is 5.75 Å². The molecule has 2 nitrogen and oxygen atoms in total. The van der Waals surface area contributed by atoms with Crippen molar-refractivity contribution in [3.05, 3.63) is 29.1 Å². The Hall–Kier alpha value is -1.09. The van der Waals surface area contributed by atoms with Crippen molar-refractivity contribution in [2.24, 2.45) is 11.1 Å². The zero-order valence-corrected chi connectivity index (χ0v) is 10.7. The van der Waals surface area contributed by atoms with Crippen LogP contribution < -0.4 is 10.5 Å². The number of rotatable bonds is 1. The van der Waals surface area contributed by atoms with Crippen LogP contribution in [-0.2, 0) is 6.42 Å². The molecule has 0 saturated heterocycles. The molecule has 0 amide bonds. The molecule has 0 saturated carbocycles. The normalized spacial score (nSPS) is 22.8. The summed E-state index contributed by atoms with van der Waals surface area (Å²) in [7, 11) is 1.55. The summed E-state index contributed by atoms with van der Waals surface area (Å²) in [6.07, 6.45) is 2.61. The van der Waals surface area contributed by atoms with Crippen molar-refractivity contribution >= 4 is 0 Å². The van der Waals surface area contributed by atoms with E-state index in [0.717, 1.165) is 30.4 Å². The summed E-state index contributed by atoms with van der Waals surface area (Å²) in [5.74, 6) is 0.365. The molecule has 0 bridgehead atoms. The summed E-state index contributed by atoms with van der Waals surface area (Å²) >= 11 is 0. The van der Waals surface area contributed by atoms with Gasteiger partial charge in [-0.1, -0.05) is 13.8 Å². The third kappa shape index (κ3) is 2.44. The Kier molecular flexibility index (Phi) is 3.13. The monoisotopic (exact) mass is 237 g/mol. The molecule has 2 rings (SSSR count). The van der Waals surface area contributed by atoms with Gasteiger partial charge in [0.15, 0.2) is 0 Å². The third-order valence-electron chi connectivity index (χ3n) is 3.66. The van der Waals surface area contributed by atoms with Crippen LogP contribution in [0.3, 0.4) is 0 Å². The largest absolute Gasteiger partial charge is 0.497 e. The van der Waals surface area contributed by atoms with Crippen LogP contribution in [-0.4, -0.2) is 7.11 Å². The lowest BCUT2D eigenvalue weighted by Crippen LogP contribution is -2.19. The van der Waals surface area contributed by atoms with E-state index in [1.807, 2.05) is 6.07 Å². The van der Waals surface area contributed by atoms with E-state index in [0.29, 0.717) is 5.75 Å². The van der Waals surface area contributed by atoms with E-state index in [-0.39, 0.29) is 17.3 Å². The number of halogens is 1. The zero-order chi connectivity index (χ0) is 12.6. The fourth-order valence-electron chi connectivity index (χ4n) is 2.62. The number of benzene rings is 1. The number of ether oxygens (including phenoxy) is 1. The molecule has 0 radical (unpaired) electrons. The maximum atomic E-state index is 14.0. The van der Waals surface area contributed by atoms with Crippen molar-refractivity contribution in [3.63, 3.8) is 0 Å². The number of methoxy groups -OCH3 is 1. The first-order chi connectivity index (χ1) is 7.93.